The summed E-state index contributed by atoms with van der Waals surface area (Å²) in [5.41, 5.74) is 4.19. The molecule has 0 atom stereocenters. The molecule has 0 unspecified atom stereocenters. The van der Waals surface area contributed by atoms with Gasteiger partial charge in [-0.05, 0) is 73.7 Å². The Morgan fingerprint density at radius 1 is 0.950 bits per heavy atom. The second-order valence-corrected chi connectivity index (χ2v) is 5.42. The fourth-order valence-electron chi connectivity index (χ4n) is 2.83. The normalized spacial score (nSPS) is 13.8. The first-order chi connectivity index (χ1) is 9.85. The van der Waals surface area contributed by atoms with Gasteiger partial charge in [0.05, 0.1) is 0 Å². The Labute approximate surface area is 120 Å². The van der Waals surface area contributed by atoms with Crippen LogP contribution in [0.4, 0.5) is 0 Å². The minimum atomic E-state index is 0.862. The van der Waals surface area contributed by atoms with Crippen LogP contribution in [-0.2, 0) is 19.4 Å². The molecule has 0 bridgehead atoms. The Kier molecular flexibility index (Phi) is 4.03. The smallest absolute Gasteiger partial charge is 0.127 e. The van der Waals surface area contributed by atoms with Crippen LogP contribution in [0.2, 0.25) is 0 Å². The predicted molar refractivity (Wildman–Crippen MR) is 82.4 cm³/mol. The molecule has 0 fully saturated rings. The number of rotatable bonds is 4. The summed E-state index contributed by atoms with van der Waals surface area (Å²) in [6.45, 7) is 0.862. The first kappa shape index (κ1) is 13.2. The predicted octanol–water partition coefficient (Wildman–Crippen LogP) is 4.08. The van der Waals surface area contributed by atoms with Crippen LogP contribution in [0.15, 0.2) is 42.5 Å². The van der Waals surface area contributed by atoms with Crippen molar-refractivity contribution in [1.82, 2.24) is 5.32 Å². The molecule has 2 aromatic carbocycles. The van der Waals surface area contributed by atoms with Crippen LogP contribution >= 0.6 is 0 Å². The number of fused-ring (bicyclic) bond motifs is 1. The average Bonchev–Trinajstić information content (AvgIpc) is 2.48. The fraction of sp³-hybridized carbons (Fsp3) is 0.333. The Morgan fingerprint density at radius 2 is 1.75 bits per heavy atom. The van der Waals surface area contributed by atoms with Gasteiger partial charge in [0.1, 0.15) is 11.5 Å². The molecule has 2 nitrogen and oxygen atoms in total. The molecule has 20 heavy (non-hydrogen) atoms. The highest BCUT2D eigenvalue weighted by atomic mass is 16.5. The lowest BCUT2D eigenvalue weighted by Crippen LogP contribution is -2.04. The molecule has 0 radical (unpaired) electrons. The Hall–Kier alpha value is -1.80. The zero-order valence-electron chi connectivity index (χ0n) is 12.0. The van der Waals surface area contributed by atoms with Gasteiger partial charge in [-0.25, -0.2) is 0 Å². The molecule has 0 aliphatic heterocycles. The zero-order valence-corrected chi connectivity index (χ0v) is 12.0. The van der Waals surface area contributed by atoms with Crippen LogP contribution in [0.25, 0.3) is 0 Å². The summed E-state index contributed by atoms with van der Waals surface area (Å²) in [5, 5.41) is 3.16. The van der Waals surface area contributed by atoms with Crippen molar-refractivity contribution in [2.24, 2.45) is 0 Å². The molecule has 0 spiro atoms. The Bertz CT molecular complexity index is 592. The van der Waals surface area contributed by atoms with Crippen molar-refractivity contribution in [3.8, 4) is 11.5 Å². The maximum Gasteiger partial charge on any atom is 0.127 e. The molecule has 0 heterocycles. The highest BCUT2D eigenvalue weighted by Crippen LogP contribution is 2.28. The third-order valence-electron chi connectivity index (χ3n) is 3.84. The largest absolute Gasteiger partial charge is 0.457 e. The van der Waals surface area contributed by atoms with Gasteiger partial charge in [-0.2, -0.15) is 0 Å². The first-order valence-electron chi connectivity index (χ1n) is 7.38. The van der Waals surface area contributed by atoms with Crippen LogP contribution < -0.4 is 10.1 Å². The van der Waals surface area contributed by atoms with Crippen molar-refractivity contribution in [2.45, 2.75) is 32.2 Å². The van der Waals surface area contributed by atoms with Gasteiger partial charge in [0.15, 0.2) is 0 Å². The number of benzene rings is 2. The second kappa shape index (κ2) is 6.10. The Morgan fingerprint density at radius 3 is 2.60 bits per heavy atom. The molecule has 104 valence electrons. The first-order valence-corrected chi connectivity index (χ1v) is 7.38. The SMILES string of the molecule is CNCc1cccc(Oc2ccc3c(c2)CCCC3)c1. The van der Waals surface area contributed by atoms with E-state index in [1.54, 1.807) is 0 Å². The zero-order chi connectivity index (χ0) is 13.8. The lowest BCUT2D eigenvalue weighted by Gasteiger charge is -2.16. The van der Waals surface area contributed by atoms with Gasteiger partial charge in [-0.15, -0.1) is 0 Å². The monoisotopic (exact) mass is 267 g/mol. The topological polar surface area (TPSA) is 21.3 Å². The van der Waals surface area contributed by atoms with Gasteiger partial charge >= 0.3 is 0 Å². The molecule has 1 aliphatic rings. The van der Waals surface area contributed by atoms with Crippen LogP contribution in [0, 0.1) is 0 Å². The van der Waals surface area contributed by atoms with E-state index >= 15 is 0 Å². The van der Waals surface area contributed by atoms with Gasteiger partial charge in [-0.3, -0.25) is 0 Å². The maximum atomic E-state index is 6.00. The molecular weight excluding hydrogens is 246 g/mol. The van der Waals surface area contributed by atoms with E-state index in [4.69, 9.17) is 4.74 Å². The maximum absolute atomic E-state index is 6.00. The van der Waals surface area contributed by atoms with Gasteiger partial charge in [0, 0.05) is 6.54 Å². The molecule has 1 N–H and O–H groups in total. The van der Waals surface area contributed by atoms with Crippen LogP contribution in [0.5, 0.6) is 11.5 Å². The van der Waals surface area contributed by atoms with Crippen molar-refractivity contribution < 1.29 is 4.74 Å². The Balaban J connectivity index is 1.78. The molecule has 3 rings (SSSR count). The van der Waals surface area contributed by atoms with Crippen molar-refractivity contribution >= 4 is 0 Å². The molecule has 2 heteroatoms. The standard InChI is InChI=1S/C18H21NO/c1-19-13-14-5-4-8-17(11-14)20-18-10-9-15-6-2-3-7-16(15)12-18/h4-5,8-12,19H,2-3,6-7,13H2,1H3. The summed E-state index contributed by atoms with van der Waals surface area (Å²) in [5.74, 6) is 1.86. The highest BCUT2D eigenvalue weighted by molar-refractivity contribution is 5.40. The molecule has 0 aromatic heterocycles. The van der Waals surface area contributed by atoms with Gasteiger partial charge in [0.25, 0.3) is 0 Å². The number of hydrogen-bond acceptors (Lipinski definition) is 2. The van der Waals surface area contributed by atoms with Crippen LogP contribution in [0.1, 0.15) is 29.5 Å². The molecular formula is C18H21NO. The quantitative estimate of drug-likeness (QED) is 0.901. The van der Waals surface area contributed by atoms with Crippen molar-refractivity contribution in [1.29, 1.82) is 0 Å². The van der Waals surface area contributed by atoms with Crippen molar-refractivity contribution in [3.63, 3.8) is 0 Å². The lowest BCUT2D eigenvalue weighted by molar-refractivity contribution is 0.480. The molecule has 0 saturated carbocycles. The van der Waals surface area contributed by atoms with E-state index < -0.39 is 0 Å². The minimum Gasteiger partial charge on any atom is -0.457 e. The summed E-state index contributed by atoms with van der Waals surface area (Å²) in [6.07, 6.45) is 5.02. The molecule has 2 aromatic rings. The molecule has 0 amide bonds. The number of nitrogens with one attached hydrogen (secondary N) is 1. The van der Waals surface area contributed by atoms with E-state index in [2.05, 4.69) is 35.6 Å². The van der Waals surface area contributed by atoms with Gasteiger partial charge < -0.3 is 10.1 Å². The van der Waals surface area contributed by atoms with Crippen LogP contribution in [-0.4, -0.2) is 7.05 Å². The van der Waals surface area contributed by atoms with E-state index in [1.165, 1.54) is 42.4 Å². The van der Waals surface area contributed by atoms with E-state index in [1.807, 2.05) is 19.2 Å². The summed E-state index contributed by atoms with van der Waals surface area (Å²) < 4.78 is 6.00. The molecule has 0 saturated heterocycles. The molecule has 1 aliphatic carbocycles. The average molecular weight is 267 g/mol. The highest BCUT2D eigenvalue weighted by Gasteiger charge is 2.10. The van der Waals surface area contributed by atoms with Crippen molar-refractivity contribution in [3.05, 3.63) is 59.2 Å². The fourth-order valence-corrected chi connectivity index (χ4v) is 2.83. The van der Waals surface area contributed by atoms with E-state index in [-0.39, 0.29) is 0 Å². The van der Waals surface area contributed by atoms with E-state index in [0.717, 1.165) is 18.0 Å². The summed E-state index contributed by atoms with van der Waals surface area (Å²) in [6, 6.07) is 14.8. The van der Waals surface area contributed by atoms with Gasteiger partial charge in [-0.1, -0.05) is 18.2 Å². The third-order valence-corrected chi connectivity index (χ3v) is 3.84. The number of ether oxygens (including phenoxy) is 1. The van der Waals surface area contributed by atoms with Crippen molar-refractivity contribution in [2.75, 3.05) is 7.05 Å². The lowest BCUT2D eigenvalue weighted by atomic mass is 9.92. The number of aryl methyl sites for hydroxylation is 2. The van der Waals surface area contributed by atoms with Crippen LogP contribution in [0.3, 0.4) is 0 Å². The summed E-state index contributed by atoms with van der Waals surface area (Å²) >= 11 is 0. The second-order valence-electron chi connectivity index (χ2n) is 5.42. The summed E-state index contributed by atoms with van der Waals surface area (Å²) in [7, 11) is 1.96. The number of hydrogen-bond donors (Lipinski definition) is 1. The third kappa shape index (κ3) is 3.02. The van der Waals surface area contributed by atoms with Gasteiger partial charge in [0.2, 0.25) is 0 Å². The summed E-state index contributed by atoms with van der Waals surface area (Å²) in [4.78, 5) is 0. The van der Waals surface area contributed by atoms with E-state index in [0.29, 0.717) is 0 Å². The minimum absolute atomic E-state index is 0.862. The van der Waals surface area contributed by atoms with E-state index in [9.17, 15) is 0 Å².